The van der Waals surface area contributed by atoms with Crippen molar-refractivity contribution in [3.05, 3.63) is 59.3 Å². The lowest BCUT2D eigenvalue weighted by Gasteiger charge is -2.72. The van der Waals surface area contributed by atoms with E-state index in [1.54, 1.807) is 13.8 Å². The van der Waals surface area contributed by atoms with Gasteiger partial charge in [0.1, 0.15) is 12.7 Å². The Morgan fingerprint density at radius 2 is 1.33 bits per heavy atom. The van der Waals surface area contributed by atoms with Crippen LogP contribution in [-0.4, -0.2) is 70.9 Å². The van der Waals surface area contributed by atoms with E-state index in [2.05, 4.69) is 39.5 Å². The van der Waals surface area contributed by atoms with Crippen molar-refractivity contribution in [2.24, 2.45) is 50.2 Å². The number of aliphatic hydroxyl groups is 3. The number of hydrogen-bond donors (Lipinski definition) is 3. The zero-order valence-corrected chi connectivity index (χ0v) is 35.3. The Morgan fingerprint density at radius 3 is 1.89 bits per heavy atom. The highest BCUT2D eigenvalue weighted by molar-refractivity contribution is 5.83. The second kappa shape index (κ2) is 15.1. The summed E-state index contributed by atoms with van der Waals surface area (Å²) in [5.74, 6) is -1.84. The highest BCUT2D eigenvalue weighted by Gasteiger charge is 2.74. The van der Waals surface area contributed by atoms with Gasteiger partial charge in [-0.1, -0.05) is 69.1 Å². The molecule has 0 radical (unpaired) electrons. The summed E-state index contributed by atoms with van der Waals surface area (Å²) in [7, 11) is 0. The first-order valence-electron chi connectivity index (χ1n) is 20.3. The van der Waals surface area contributed by atoms with Crippen LogP contribution < -0.4 is 0 Å². The molecule has 0 bridgehead atoms. The van der Waals surface area contributed by atoms with Crippen LogP contribution in [0, 0.1) is 50.2 Å². The first-order chi connectivity index (χ1) is 25.4. The van der Waals surface area contributed by atoms with Gasteiger partial charge in [0.15, 0.2) is 0 Å². The fourth-order valence-corrected chi connectivity index (χ4v) is 12.3. The highest BCUT2D eigenvalue weighted by atomic mass is 16.6. The van der Waals surface area contributed by atoms with Crippen molar-refractivity contribution >= 4 is 17.9 Å². The number of hydrogen-bond acceptors (Lipinski definition) is 9. The number of carbonyl (C=O) groups is 3. The molecule has 4 fully saturated rings. The Hall–Kier alpha value is -3.01. The molecule has 0 aromatic carbocycles. The molecule has 5 rings (SSSR count). The molecule has 306 valence electrons. The maximum absolute atomic E-state index is 13.4. The van der Waals surface area contributed by atoms with Crippen molar-refractivity contribution in [2.45, 2.75) is 146 Å². The van der Waals surface area contributed by atoms with E-state index in [1.165, 1.54) is 18.2 Å². The van der Waals surface area contributed by atoms with Gasteiger partial charge in [0.05, 0.1) is 30.3 Å². The molecule has 0 aliphatic heterocycles. The summed E-state index contributed by atoms with van der Waals surface area (Å²) >= 11 is 0. The Bertz CT molecular complexity index is 1670. The summed E-state index contributed by atoms with van der Waals surface area (Å²) in [4.78, 5) is 39.2. The maximum Gasteiger partial charge on any atom is 0.331 e. The van der Waals surface area contributed by atoms with Gasteiger partial charge in [-0.2, -0.15) is 0 Å². The van der Waals surface area contributed by atoms with E-state index in [4.69, 9.17) is 14.2 Å². The molecule has 0 saturated heterocycles. The molecule has 4 saturated carbocycles. The fourth-order valence-electron chi connectivity index (χ4n) is 12.3. The van der Waals surface area contributed by atoms with Crippen molar-refractivity contribution in [3.8, 4) is 0 Å². The lowest BCUT2D eigenvalue weighted by atomic mass is 9.32. The van der Waals surface area contributed by atoms with Gasteiger partial charge < -0.3 is 29.5 Å². The topological polar surface area (TPSA) is 140 Å². The predicted molar refractivity (Wildman–Crippen MR) is 212 cm³/mol. The third kappa shape index (κ3) is 7.02. The molecule has 9 nitrogen and oxygen atoms in total. The minimum absolute atomic E-state index is 0.00195. The lowest BCUT2D eigenvalue weighted by molar-refractivity contribution is -0.262. The van der Waals surface area contributed by atoms with Crippen molar-refractivity contribution < 1.29 is 43.9 Å². The van der Waals surface area contributed by atoms with Crippen LogP contribution in [-0.2, 0) is 28.6 Å². The minimum Gasteiger partial charge on any atom is -0.462 e. The van der Waals surface area contributed by atoms with Gasteiger partial charge in [0.2, 0.25) is 0 Å². The Morgan fingerprint density at radius 1 is 0.764 bits per heavy atom. The van der Waals surface area contributed by atoms with E-state index in [0.29, 0.717) is 19.3 Å². The average molecular weight is 765 g/mol. The van der Waals surface area contributed by atoms with E-state index >= 15 is 0 Å². The summed E-state index contributed by atoms with van der Waals surface area (Å²) in [5, 5.41) is 36.5. The summed E-state index contributed by atoms with van der Waals surface area (Å²) in [6.07, 6.45) is 9.11. The van der Waals surface area contributed by atoms with Gasteiger partial charge in [-0.3, -0.25) is 0 Å². The maximum atomic E-state index is 13.4. The lowest BCUT2D eigenvalue weighted by Crippen LogP contribution is -2.72. The Balaban J connectivity index is 1.63. The second-order valence-corrected chi connectivity index (χ2v) is 19.9. The summed E-state index contributed by atoms with van der Waals surface area (Å²) in [6, 6.07) is 0. The van der Waals surface area contributed by atoms with Crippen LogP contribution >= 0.6 is 0 Å². The zero-order valence-electron chi connectivity index (χ0n) is 35.3. The quantitative estimate of drug-likeness (QED) is 0.0931. The normalized spacial score (nSPS) is 41.3. The molecule has 9 heteroatoms. The number of allylic oxidation sites excluding steroid dienone is 6. The highest BCUT2D eigenvalue weighted by Crippen LogP contribution is 2.76. The minimum atomic E-state index is -1.31. The van der Waals surface area contributed by atoms with Gasteiger partial charge in [-0.25, -0.2) is 14.4 Å². The second-order valence-electron chi connectivity index (χ2n) is 19.9. The number of ether oxygens (including phenoxy) is 3. The summed E-state index contributed by atoms with van der Waals surface area (Å²) in [6.45, 7) is 25.9. The number of esters is 3. The molecule has 3 N–H and O–H groups in total. The number of carbonyl (C=O) groups excluding carboxylic acids is 3. The molecule has 0 heterocycles. The smallest absolute Gasteiger partial charge is 0.331 e. The fraction of sp³-hybridized carbons (Fsp3) is 0.717. The van der Waals surface area contributed by atoms with Crippen LogP contribution in [0.1, 0.15) is 121 Å². The van der Waals surface area contributed by atoms with Crippen LogP contribution in [0.3, 0.4) is 0 Å². The third-order valence-corrected chi connectivity index (χ3v) is 15.3. The van der Waals surface area contributed by atoms with Gasteiger partial charge in [-0.15, -0.1) is 6.58 Å². The van der Waals surface area contributed by atoms with Crippen LogP contribution in [0.4, 0.5) is 0 Å². The third-order valence-electron chi connectivity index (χ3n) is 15.3. The molecule has 3 unspecified atom stereocenters. The van der Waals surface area contributed by atoms with Gasteiger partial charge in [-0.05, 0) is 126 Å². The molecule has 0 amide bonds. The molecular weight excluding hydrogens is 696 g/mol. The zero-order chi connectivity index (χ0) is 41.1. The number of aliphatic hydroxyl groups excluding tert-OH is 3. The summed E-state index contributed by atoms with van der Waals surface area (Å²) in [5.41, 5.74) is -0.423. The molecule has 0 aromatic rings. The monoisotopic (exact) mass is 764 g/mol. The van der Waals surface area contributed by atoms with Gasteiger partial charge >= 0.3 is 17.9 Å². The predicted octanol–water partition coefficient (Wildman–Crippen LogP) is 7.74. The average Bonchev–Trinajstić information content (AvgIpc) is 3.06. The van der Waals surface area contributed by atoms with Crippen molar-refractivity contribution in [3.63, 3.8) is 0 Å². The van der Waals surface area contributed by atoms with E-state index in [9.17, 15) is 29.7 Å². The van der Waals surface area contributed by atoms with Crippen molar-refractivity contribution in [1.29, 1.82) is 0 Å². The molecule has 0 spiro atoms. The Kier molecular flexibility index (Phi) is 11.8. The van der Waals surface area contributed by atoms with Gasteiger partial charge in [0, 0.05) is 23.6 Å². The van der Waals surface area contributed by atoms with Crippen LogP contribution in [0.15, 0.2) is 59.3 Å². The first kappa shape index (κ1) is 43.1. The number of fused-ring (bicyclic) bond motifs is 7. The van der Waals surface area contributed by atoms with E-state index in [1.807, 2.05) is 41.5 Å². The first-order valence-corrected chi connectivity index (χ1v) is 20.3. The molecule has 0 aromatic heterocycles. The van der Waals surface area contributed by atoms with E-state index < -0.39 is 64.0 Å². The Labute approximate surface area is 329 Å². The van der Waals surface area contributed by atoms with E-state index in [-0.39, 0.29) is 41.8 Å². The molecular formula is C46H68O9. The van der Waals surface area contributed by atoms with Crippen LogP contribution in [0.25, 0.3) is 0 Å². The number of rotatable bonds is 9. The molecule has 5 aliphatic rings. The van der Waals surface area contributed by atoms with Crippen LogP contribution in [0.2, 0.25) is 0 Å². The SMILES string of the molecule is C=C[C@]12CC[C@H](O)[C@](C)(COC(=O)C=C(C)C)C1CC[C@]1(C)C2CC=C2C3CC(C)(C)[C@@H](O)[C@H](OC(=O)C=C(C)C)[C@]3(COC(=O)C=C(C)C)[C@H](O)C[C@]21C. The largest absolute Gasteiger partial charge is 0.462 e. The molecule has 55 heavy (non-hydrogen) atoms. The van der Waals surface area contributed by atoms with Crippen molar-refractivity contribution in [1.82, 2.24) is 0 Å². The summed E-state index contributed by atoms with van der Waals surface area (Å²) < 4.78 is 18.0. The van der Waals surface area contributed by atoms with Crippen molar-refractivity contribution in [2.75, 3.05) is 13.2 Å². The van der Waals surface area contributed by atoms with Gasteiger partial charge in [0.25, 0.3) is 0 Å². The molecule has 12 atom stereocenters. The molecule has 5 aliphatic carbocycles. The standard InChI is InChI=1S/C46H68O9/c1-13-45-19-17-34(47)42(10,25-53-36(49)20-27(2)3)32(45)16-18-43(11)33(45)15-14-30-31-23-41(8,9)39(52)40(55-38(51)22-29(6)7)46(31,35(48)24-44(30,43)12)26-54-37(50)21-28(4)5/h13-14,20-22,31-35,39-40,47-48,52H,1,15-19,23-26H2,2-12H3/t31?,32?,33?,34-,35+,39-,40-,42+,43+,44+,45-,46-/m0/s1. The van der Waals surface area contributed by atoms with E-state index in [0.717, 1.165) is 48.0 Å². The van der Waals surface area contributed by atoms with Crippen LogP contribution in [0.5, 0.6) is 0 Å².